The van der Waals surface area contributed by atoms with Crippen LogP contribution in [-0.2, 0) is 20.9 Å². The summed E-state index contributed by atoms with van der Waals surface area (Å²) in [6.07, 6.45) is 5.68. The lowest BCUT2D eigenvalue weighted by Gasteiger charge is -2.21. The highest BCUT2D eigenvalue weighted by Crippen LogP contribution is 2.23. The van der Waals surface area contributed by atoms with Gasteiger partial charge in [0.15, 0.2) is 0 Å². The van der Waals surface area contributed by atoms with Crippen LogP contribution >= 0.6 is 0 Å². The van der Waals surface area contributed by atoms with Crippen molar-refractivity contribution in [1.29, 1.82) is 0 Å². The molecular formula is C21H29N3O3. The van der Waals surface area contributed by atoms with Crippen LogP contribution in [0.3, 0.4) is 0 Å². The first-order valence-electron chi connectivity index (χ1n) is 10.0. The SMILES string of the molecule is O=C(NCCNC(=O)[C@H]1CC(=O)N(Cc2ccccc2)C1)C1CCCCC1. The standard InChI is InChI=1S/C21H29N3O3/c25-19-13-18(15-24(19)14-16-7-3-1-4-8-16)21(27)23-12-11-22-20(26)17-9-5-2-6-10-17/h1,3-4,7-8,17-18H,2,5-6,9-15H2,(H,22,26)(H,23,27)/t18-/m0/s1. The highest BCUT2D eigenvalue weighted by atomic mass is 16.2. The minimum atomic E-state index is -0.310. The van der Waals surface area contributed by atoms with Crippen LogP contribution in [0.5, 0.6) is 0 Å². The second-order valence-electron chi connectivity index (χ2n) is 7.58. The number of benzene rings is 1. The molecular weight excluding hydrogens is 342 g/mol. The Morgan fingerprint density at radius 2 is 1.56 bits per heavy atom. The van der Waals surface area contributed by atoms with E-state index >= 15 is 0 Å². The van der Waals surface area contributed by atoms with E-state index in [2.05, 4.69) is 10.6 Å². The number of carbonyl (C=O) groups excluding carboxylic acids is 3. The van der Waals surface area contributed by atoms with Crippen LogP contribution in [0.4, 0.5) is 0 Å². The molecule has 1 aliphatic carbocycles. The van der Waals surface area contributed by atoms with Crippen LogP contribution in [0.1, 0.15) is 44.1 Å². The van der Waals surface area contributed by atoms with Gasteiger partial charge in [0.2, 0.25) is 17.7 Å². The zero-order valence-corrected chi connectivity index (χ0v) is 15.8. The van der Waals surface area contributed by atoms with E-state index in [4.69, 9.17) is 0 Å². The number of likely N-dealkylation sites (tertiary alicyclic amines) is 1. The van der Waals surface area contributed by atoms with Gasteiger partial charge in [0.1, 0.15) is 0 Å². The van der Waals surface area contributed by atoms with Crippen molar-refractivity contribution < 1.29 is 14.4 Å². The highest BCUT2D eigenvalue weighted by molar-refractivity contribution is 5.89. The van der Waals surface area contributed by atoms with Crippen molar-refractivity contribution in [3.63, 3.8) is 0 Å². The summed E-state index contributed by atoms with van der Waals surface area (Å²) in [7, 11) is 0. The van der Waals surface area contributed by atoms with Crippen molar-refractivity contribution in [3.05, 3.63) is 35.9 Å². The lowest BCUT2D eigenvalue weighted by atomic mass is 9.89. The van der Waals surface area contributed by atoms with Crippen LogP contribution in [0, 0.1) is 11.8 Å². The molecule has 1 aromatic rings. The van der Waals surface area contributed by atoms with Gasteiger partial charge in [-0.2, -0.15) is 0 Å². The summed E-state index contributed by atoms with van der Waals surface area (Å²) in [6.45, 7) is 1.84. The molecule has 0 spiro atoms. The van der Waals surface area contributed by atoms with Crippen LogP contribution in [-0.4, -0.2) is 42.3 Å². The lowest BCUT2D eigenvalue weighted by molar-refractivity contribution is -0.129. The zero-order valence-electron chi connectivity index (χ0n) is 15.8. The van der Waals surface area contributed by atoms with Gasteiger partial charge >= 0.3 is 0 Å². The summed E-state index contributed by atoms with van der Waals surface area (Å²) in [5.41, 5.74) is 1.07. The Kier molecular flexibility index (Phi) is 6.85. The minimum Gasteiger partial charge on any atom is -0.354 e. The Labute approximate surface area is 160 Å². The molecule has 0 radical (unpaired) electrons. The van der Waals surface area contributed by atoms with E-state index in [1.54, 1.807) is 4.90 Å². The van der Waals surface area contributed by atoms with Gasteiger partial charge < -0.3 is 15.5 Å². The number of nitrogens with zero attached hydrogens (tertiary/aromatic N) is 1. The van der Waals surface area contributed by atoms with E-state index in [1.165, 1.54) is 6.42 Å². The van der Waals surface area contributed by atoms with Gasteiger partial charge in [-0.1, -0.05) is 49.6 Å². The van der Waals surface area contributed by atoms with Gasteiger partial charge in [-0.05, 0) is 18.4 Å². The molecule has 1 saturated carbocycles. The van der Waals surface area contributed by atoms with Crippen molar-refractivity contribution in [3.8, 4) is 0 Å². The predicted molar refractivity (Wildman–Crippen MR) is 103 cm³/mol. The molecule has 3 rings (SSSR count). The fourth-order valence-electron chi connectivity index (χ4n) is 3.93. The van der Waals surface area contributed by atoms with Crippen LogP contribution < -0.4 is 10.6 Å². The fourth-order valence-corrected chi connectivity index (χ4v) is 3.93. The number of hydrogen-bond acceptors (Lipinski definition) is 3. The number of nitrogens with one attached hydrogen (secondary N) is 2. The molecule has 2 aliphatic rings. The molecule has 27 heavy (non-hydrogen) atoms. The van der Waals surface area contributed by atoms with E-state index in [0.29, 0.717) is 26.2 Å². The molecule has 0 aromatic heterocycles. The third-order valence-electron chi connectivity index (χ3n) is 5.50. The zero-order chi connectivity index (χ0) is 19.1. The second-order valence-corrected chi connectivity index (χ2v) is 7.58. The molecule has 1 saturated heterocycles. The summed E-state index contributed by atoms with van der Waals surface area (Å²) in [5.74, 6) is -0.159. The molecule has 2 N–H and O–H groups in total. The first kappa shape index (κ1) is 19.4. The monoisotopic (exact) mass is 371 g/mol. The molecule has 146 valence electrons. The van der Waals surface area contributed by atoms with Gasteiger partial charge in [-0.15, -0.1) is 0 Å². The largest absolute Gasteiger partial charge is 0.354 e. The summed E-state index contributed by atoms with van der Waals surface area (Å²) < 4.78 is 0. The number of carbonyl (C=O) groups is 3. The van der Waals surface area contributed by atoms with E-state index in [0.717, 1.165) is 31.2 Å². The Morgan fingerprint density at radius 3 is 2.22 bits per heavy atom. The quantitative estimate of drug-likeness (QED) is 0.718. The van der Waals surface area contributed by atoms with Crippen molar-refractivity contribution in [2.45, 2.75) is 45.1 Å². The fraction of sp³-hybridized carbons (Fsp3) is 0.571. The van der Waals surface area contributed by atoms with E-state index in [-0.39, 0.29) is 36.0 Å². The van der Waals surface area contributed by atoms with Crippen LogP contribution in [0.25, 0.3) is 0 Å². The van der Waals surface area contributed by atoms with Crippen molar-refractivity contribution in [2.75, 3.05) is 19.6 Å². The molecule has 1 heterocycles. The van der Waals surface area contributed by atoms with Gasteiger partial charge in [-0.3, -0.25) is 14.4 Å². The summed E-state index contributed by atoms with van der Waals surface area (Å²) in [4.78, 5) is 38.3. The molecule has 3 amide bonds. The average Bonchev–Trinajstić information content (AvgIpc) is 3.07. The maximum atomic E-state index is 12.3. The lowest BCUT2D eigenvalue weighted by Crippen LogP contribution is -2.40. The Morgan fingerprint density at radius 1 is 0.926 bits per heavy atom. The van der Waals surface area contributed by atoms with Crippen LogP contribution in [0.15, 0.2) is 30.3 Å². The van der Waals surface area contributed by atoms with Crippen molar-refractivity contribution >= 4 is 17.7 Å². The Balaban J connectivity index is 1.36. The molecule has 1 atom stereocenters. The van der Waals surface area contributed by atoms with Gasteiger partial charge in [0.05, 0.1) is 5.92 Å². The highest BCUT2D eigenvalue weighted by Gasteiger charge is 2.34. The normalized spacial score (nSPS) is 20.5. The minimum absolute atomic E-state index is 0.0182. The predicted octanol–water partition coefficient (Wildman–Crippen LogP) is 1.85. The maximum absolute atomic E-state index is 12.3. The van der Waals surface area contributed by atoms with E-state index in [1.807, 2.05) is 30.3 Å². The number of hydrogen-bond donors (Lipinski definition) is 2. The van der Waals surface area contributed by atoms with Gasteiger partial charge in [0, 0.05) is 38.5 Å². The number of rotatable bonds is 7. The second kappa shape index (κ2) is 9.53. The molecule has 0 bridgehead atoms. The van der Waals surface area contributed by atoms with Gasteiger partial charge in [-0.25, -0.2) is 0 Å². The molecule has 1 aromatic carbocycles. The summed E-state index contributed by atoms with van der Waals surface area (Å²) in [6, 6.07) is 9.80. The van der Waals surface area contributed by atoms with E-state index < -0.39 is 0 Å². The molecule has 6 nitrogen and oxygen atoms in total. The number of amides is 3. The topological polar surface area (TPSA) is 78.5 Å². The third-order valence-corrected chi connectivity index (χ3v) is 5.50. The Bertz CT molecular complexity index is 656. The maximum Gasteiger partial charge on any atom is 0.225 e. The summed E-state index contributed by atoms with van der Waals surface area (Å²) >= 11 is 0. The molecule has 6 heteroatoms. The van der Waals surface area contributed by atoms with Crippen molar-refractivity contribution in [1.82, 2.24) is 15.5 Å². The first-order valence-corrected chi connectivity index (χ1v) is 10.0. The average molecular weight is 371 g/mol. The smallest absolute Gasteiger partial charge is 0.225 e. The van der Waals surface area contributed by atoms with Gasteiger partial charge in [0.25, 0.3) is 0 Å². The molecule has 1 aliphatic heterocycles. The summed E-state index contributed by atoms with van der Waals surface area (Å²) in [5, 5.41) is 5.77. The molecule has 0 unspecified atom stereocenters. The third kappa shape index (κ3) is 5.55. The first-order chi connectivity index (χ1) is 13.1. The Hall–Kier alpha value is -2.37. The molecule has 2 fully saturated rings. The van der Waals surface area contributed by atoms with E-state index in [9.17, 15) is 14.4 Å². The van der Waals surface area contributed by atoms with Crippen LogP contribution in [0.2, 0.25) is 0 Å². The van der Waals surface area contributed by atoms with Crippen molar-refractivity contribution in [2.24, 2.45) is 11.8 Å².